The number of ether oxygens (including phenoxy) is 2. The summed E-state index contributed by atoms with van der Waals surface area (Å²) in [6.45, 7) is 5.38. The average Bonchev–Trinajstić information content (AvgIpc) is 3.48. The van der Waals surface area contributed by atoms with Gasteiger partial charge in [-0.2, -0.15) is 15.1 Å². The number of nitrogen functional groups attached to an aromatic ring is 1. The Morgan fingerprint density at radius 2 is 1.95 bits per heavy atom. The Morgan fingerprint density at radius 3 is 2.68 bits per heavy atom. The van der Waals surface area contributed by atoms with Crippen molar-refractivity contribution in [3.05, 3.63) is 48.8 Å². The van der Waals surface area contributed by atoms with Crippen molar-refractivity contribution < 1.29 is 37.4 Å². The molecule has 0 amide bonds. The van der Waals surface area contributed by atoms with Crippen molar-refractivity contribution in [2.24, 2.45) is 0 Å². The first-order valence-electron chi connectivity index (χ1n) is 13.9. The van der Waals surface area contributed by atoms with Crippen LogP contribution >= 0.6 is 7.75 Å². The molecule has 1 fully saturated rings. The highest BCUT2D eigenvalue weighted by molar-refractivity contribution is 7.52. The van der Waals surface area contributed by atoms with E-state index in [2.05, 4.69) is 25.4 Å². The maximum absolute atomic E-state index is 16.1. The van der Waals surface area contributed by atoms with E-state index in [0.29, 0.717) is 16.7 Å². The fraction of sp³-hybridized carbons (Fsp3) is 0.429. The van der Waals surface area contributed by atoms with E-state index in [4.69, 9.17) is 24.3 Å². The number of aliphatic hydroxyl groups is 1. The molecular weight excluding hydrogens is 596 g/mol. The molecular formula is C28H35FN7O7P. The first-order chi connectivity index (χ1) is 20.8. The van der Waals surface area contributed by atoms with Crippen molar-refractivity contribution in [2.45, 2.75) is 63.9 Å². The van der Waals surface area contributed by atoms with E-state index < -0.39 is 56.6 Å². The summed E-state index contributed by atoms with van der Waals surface area (Å²) in [6, 6.07) is 11.3. The lowest BCUT2D eigenvalue weighted by atomic mass is 9.98. The van der Waals surface area contributed by atoms with Crippen LogP contribution in [-0.2, 0) is 23.4 Å². The third kappa shape index (κ3) is 6.19. The van der Waals surface area contributed by atoms with Gasteiger partial charge in [0.15, 0.2) is 28.9 Å². The first-order valence-corrected chi connectivity index (χ1v) is 15.5. The highest BCUT2D eigenvalue weighted by atomic mass is 31.2. The van der Waals surface area contributed by atoms with Gasteiger partial charge in [0.05, 0.1) is 19.0 Å². The van der Waals surface area contributed by atoms with Gasteiger partial charge in [-0.25, -0.2) is 13.9 Å². The van der Waals surface area contributed by atoms with Crippen LogP contribution in [0.25, 0.3) is 21.9 Å². The summed E-state index contributed by atoms with van der Waals surface area (Å²) >= 11 is 0. The molecule has 0 radical (unpaired) electrons. The van der Waals surface area contributed by atoms with Crippen LogP contribution < -0.4 is 20.7 Å². The van der Waals surface area contributed by atoms with E-state index in [1.54, 1.807) is 45.2 Å². The number of esters is 1. The number of benzene rings is 2. The van der Waals surface area contributed by atoms with Crippen molar-refractivity contribution in [2.75, 3.05) is 24.7 Å². The van der Waals surface area contributed by atoms with Gasteiger partial charge in [-0.05, 0) is 39.1 Å². The summed E-state index contributed by atoms with van der Waals surface area (Å²) in [4.78, 5) is 25.1. The Balaban J connectivity index is 1.42. The molecule has 0 unspecified atom stereocenters. The number of imidazole rings is 1. The predicted octanol–water partition coefficient (Wildman–Crippen LogP) is 3.72. The van der Waals surface area contributed by atoms with Crippen LogP contribution in [-0.4, -0.2) is 74.3 Å². The fourth-order valence-electron chi connectivity index (χ4n) is 4.92. The van der Waals surface area contributed by atoms with E-state index in [0.717, 1.165) is 12.3 Å². The van der Waals surface area contributed by atoms with Crippen LogP contribution in [0.15, 0.2) is 48.8 Å². The molecule has 0 saturated carbocycles. The van der Waals surface area contributed by atoms with Crippen LogP contribution in [0.2, 0.25) is 0 Å². The minimum atomic E-state index is -4.38. The summed E-state index contributed by atoms with van der Waals surface area (Å²) in [5.74, 6) is -0.224. The number of hydrogen-bond acceptors (Lipinski definition) is 12. The molecule has 44 heavy (non-hydrogen) atoms. The average molecular weight is 632 g/mol. The highest BCUT2D eigenvalue weighted by Gasteiger charge is 2.56. The number of halogens is 1. The number of fused-ring (bicyclic) bond motifs is 2. The van der Waals surface area contributed by atoms with Gasteiger partial charge in [0.25, 0.3) is 0 Å². The van der Waals surface area contributed by atoms with Gasteiger partial charge in [0, 0.05) is 12.4 Å². The lowest BCUT2D eigenvalue weighted by Gasteiger charge is -2.26. The first kappa shape index (κ1) is 31.5. The van der Waals surface area contributed by atoms with Crippen LogP contribution in [0.5, 0.6) is 5.75 Å². The maximum atomic E-state index is 16.1. The number of nitrogens with zero attached hydrogens (tertiary/aromatic N) is 4. The quantitative estimate of drug-likeness (QED) is 0.139. The lowest BCUT2D eigenvalue weighted by molar-refractivity contribution is -0.149. The van der Waals surface area contributed by atoms with Gasteiger partial charge in [0.1, 0.15) is 24.0 Å². The zero-order chi connectivity index (χ0) is 31.8. The number of alkyl halides is 1. The molecule has 1 aliphatic heterocycles. The van der Waals surface area contributed by atoms with Gasteiger partial charge in [-0.1, -0.05) is 36.4 Å². The van der Waals surface area contributed by atoms with E-state index in [1.807, 2.05) is 18.2 Å². The Kier molecular flexibility index (Phi) is 8.78. The summed E-state index contributed by atoms with van der Waals surface area (Å²) < 4.78 is 54.4. The SMILES string of the molecule is CNc1nc(N)nc2c1ncn2[C@@H]1O[C@H](CO[P@@](=O)(N[C@@H](C)C(=O)OC(C)C)Oc2cccc3ccccc23)[C@@H](O)[C@@]1(C)F. The number of hydrogen-bond donors (Lipinski definition) is 4. The van der Waals surface area contributed by atoms with Crippen molar-refractivity contribution >= 4 is 47.4 Å². The standard InChI is InChI=1S/C28H35FN7O7P/c1-15(2)41-25(38)16(3)35-44(39,43-19-12-8-10-17-9-6-7-11-18(17)19)40-13-20-22(37)28(4,29)26(42-20)36-14-32-21-23(31-5)33-27(30)34-24(21)36/h6-12,14-16,20,22,26,37H,13H2,1-5H3,(H,35,39)(H3,30,31,33,34)/t16-,20+,22+,26+,28+,44-/m0/s1. The van der Waals surface area contributed by atoms with Gasteiger partial charge < -0.3 is 30.2 Å². The number of aromatic nitrogens is 4. The normalized spacial score (nSPS) is 24.0. The molecule has 14 nitrogen and oxygen atoms in total. The molecule has 2 aromatic heterocycles. The lowest BCUT2D eigenvalue weighted by Crippen LogP contribution is -2.41. The summed E-state index contributed by atoms with van der Waals surface area (Å²) in [5, 5.41) is 17.9. The Morgan fingerprint density at radius 1 is 1.23 bits per heavy atom. The van der Waals surface area contributed by atoms with Gasteiger partial charge >= 0.3 is 13.7 Å². The van der Waals surface area contributed by atoms with Crippen LogP contribution in [0.1, 0.15) is 33.9 Å². The predicted molar refractivity (Wildman–Crippen MR) is 161 cm³/mol. The number of anilines is 2. The molecule has 3 heterocycles. The molecule has 0 bridgehead atoms. The molecule has 236 valence electrons. The molecule has 1 aliphatic rings. The fourth-order valence-corrected chi connectivity index (χ4v) is 6.44. The topological polar surface area (TPSA) is 185 Å². The van der Waals surface area contributed by atoms with Gasteiger partial charge in [0.2, 0.25) is 5.95 Å². The summed E-state index contributed by atoms with van der Waals surface area (Å²) in [5.41, 5.74) is 3.96. The number of nitrogens with two attached hydrogens (primary N) is 1. The van der Waals surface area contributed by atoms with Crippen molar-refractivity contribution in [3.8, 4) is 5.75 Å². The molecule has 4 aromatic rings. The smallest absolute Gasteiger partial charge is 0.459 e. The number of aliphatic hydroxyl groups excluding tert-OH is 1. The number of carbonyl (C=O) groups is 1. The van der Waals surface area contributed by atoms with Crippen molar-refractivity contribution in [1.29, 1.82) is 0 Å². The monoisotopic (exact) mass is 631 g/mol. The van der Waals surface area contributed by atoms with Crippen molar-refractivity contribution in [1.82, 2.24) is 24.6 Å². The number of rotatable bonds is 11. The zero-order valence-corrected chi connectivity index (χ0v) is 25.7. The minimum Gasteiger partial charge on any atom is -0.462 e. The van der Waals surface area contributed by atoms with E-state index in [-0.39, 0.29) is 17.3 Å². The molecule has 2 aromatic carbocycles. The van der Waals surface area contributed by atoms with Crippen LogP contribution in [0.3, 0.4) is 0 Å². The molecule has 5 N–H and O–H groups in total. The maximum Gasteiger partial charge on any atom is 0.459 e. The molecule has 1 saturated heterocycles. The van der Waals surface area contributed by atoms with Crippen LogP contribution in [0.4, 0.5) is 16.2 Å². The third-order valence-corrected chi connectivity index (χ3v) is 8.71. The summed E-state index contributed by atoms with van der Waals surface area (Å²) in [7, 11) is -2.76. The van der Waals surface area contributed by atoms with Gasteiger partial charge in [-0.15, -0.1) is 0 Å². The molecule has 16 heteroatoms. The second-order valence-corrected chi connectivity index (χ2v) is 12.5. The highest BCUT2D eigenvalue weighted by Crippen LogP contribution is 2.49. The number of nitrogens with one attached hydrogen (secondary N) is 2. The second-order valence-electron chi connectivity index (χ2n) is 10.8. The molecule has 5 rings (SSSR count). The van der Waals surface area contributed by atoms with E-state index in [1.165, 1.54) is 17.8 Å². The van der Waals surface area contributed by atoms with Gasteiger partial charge in [-0.3, -0.25) is 13.9 Å². The third-order valence-electron chi connectivity index (χ3n) is 7.08. The Labute approximate surface area is 252 Å². The Hall–Kier alpha value is -3.88. The summed E-state index contributed by atoms with van der Waals surface area (Å²) in [6.07, 6.45) is -3.59. The Bertz CT molecular complexity index is 1710. The van der Waals surface area contributed by atoms with Crippen LogP contribution in [0, 0.1) is 0 Å². The van der Waals surface area contributed by atoms with Crippen molar-refractivity contribution in [3.63, 3.8) is 0 Å². The second kappa shape index (κ2) is 12.3. The largest absolute Gasteiger partial charge is 0.462 e. The molecule has 0 aliphatic carbocycles. The number of carbonyl (C=O) groups excluding carboxylic acids is 1. The minimum absolute atomic E-state index is 0.0784. The molecule has 6 atom stereocenters. The molecule has 0 spiro atoms. The van der Waals surface area contributed by atoms with E-state index in [9.17, 15) is 14.5 Å². The zero-order valence-electron chi connectivity index (χ0n) is 24.8. The van der Waals surface area contributed by atoms with E-state index >= 15 is 4.39 Å².